The summed E-state index contributed by atoms with van der Waals surface area (Å²) in [6, 6.07) is 4.26. The molecule has 5 atom stereocenters. The van der Waals surface area contributed by atoms with E-state index in [0.29, 0.717) is 19.1 Å². The highest BCUT2D eigenvalue weighted by Crippen LogP contribution is 2.61. The summed E-state index contributed by atoms with van der Waals surface area (Å²) in [5.41, 5.74) is 2.56. The van der Waals surface area contributed by atoms with Crippen LogP contribution in [0.2, 0.25) is 0 Å². The lowest BCUT2D eigenvalue weighted by Gasteiger charge is -2.61. The molecule has 0 bridgehead atoms. The van der Waals surface area contributed by atoms with Crippen LogP contribution in [0.3, 0.4) is 0 Å². The van der Waals surface area contributed by atoms with E-state index in [9.17, 15) is 9.90 Å². The van der Waals surface area contributed by atoms with E-state index in [-0.39, 0.29) is 17.7 Å². The fraction of sp³-hybridized carbons (Fsp3) is 0.654. The molecule has 2 N–H and O–H groups in total. The van der Waals surface area contributed by atoms with Gasteiger partial charge >= 0.3 is 0 Å². The standard InChI is InChI=1S/C26H36N2O5/c1-5-17-14-28-8-7-25-24-20(11-16(3)12-22(24)31-4)27-26(25,33-10-9-32-25)23(28)13-19(17)18(6-2)21(30)15-29/h6,11-12,17,19,23,27,29H,5,7-10,13-15H2,1-4H3/b18-6+/t17-,19+,23+,25+,26+/m1/s1. The SMILES string of the molecule is C/C=C(/C(=O)CO)[C@H]1C[C@@H]2N(CC[C@@]34OCCO[C@@]23Nc2cc(C)cc(OC)c24)C[C@H]1CC. The van der Waals surface area contributed by atoms with Crippen molar-refractivity contribution in [1.82, 2.24) is 4.90 Å². The Kier molecular flexibility index (Phi) is 5.80. The highest BCUT2D eigenvalue weighted by atomic mass is 16.6. The van der Waals surface area contributed by atoms with Crippen molar-refractivity contribution in [2.75, 3.05) is 45.3 Å². The van der Waals surface area contributed by atoms with Crippen LogP contribution in [0.5, 0.6) is 5.75 Å². The Hall–Kier alpha value is -1.93. The monoisotopic (exact) mass is 456 g/mol. The number of anilines is 1. The van der Waals surface area contributed by atoms with Gasteiger partial charge in [0, 0.05) is 18.8 Å². The van der Waals surface area contributed by atoms with Crippen LogP contribution in [0.1, 0.15) is 44.2 Å². The molecular formula is C26H36N2O5. The number of carbonyl (C=O) groups is 1. The molecule has 0 spiro atoms. The lowest BCUT2D eigenvalue weighted by Crippen LogP contribution is -2.75. The molecule has 0 amide bonds. The third kappa shape index (κ3) is 3.13. The van der Waals surface area contributed by atoms with Gasteiger partial charge < -0.3 is 24.6 Å². The van der Waals surface area contributed by atoms with Crippen LogP contribution < -0.4 is 10.1 Å². The van der Waals surface area contributed by atoms with Crippen molar-refractivity contribution in [1.29, 1.82) is 0 Å². The summed E-state index contributed by atoms with van der Waals surface area (Å²) in [6.07, 6.45) is 4.48. The van der Waals surface area contributed by atoms with Gasteiger partial charge in [0.2, 0.25) is 0 Å². The first-order valence-electron chi connectivity index (χ1n) is 12.2. The van der Waals surface area contributed by atoms with Gasteiger partial charge in [0.05, 0.1) is 31.9 Å². The number of benzene rings is 1. The molecule has 7 nitrogen and oxygen atoms in total. The van der Waals surface area contributed by atoms with Crippen molar-refractivity contribution >= 4 is 11.5 Å². The number of allylic oxidation sites excluding steroid dienone is 1. The topological polar surface area (TPSA) is 80.3 Å². The molecule has 7 heteroatoms. The third-order valence-electron chi connectivity index (χ3n) is 8.43. The van der Waals surface area contributed by atoms with Gasteiger partial charge in [-0.2, -0.15) is 0 Å². The van der Waals surface area contributed by atoms with Crippen molar-refractivity contribution in [3.8, 4) is 5.75 Å². The van der Waals surface area contributed by atoms with Gasteiger partial charge in [-0.1, -0.05) is 19.4 Å². The van der Waals surface area contributed by atoms with Gasteiger partial charge in [-0.15, -0.1) is 0 Å². The van der Waals surface area contributed by atoms with Gasteiger partial charge in [0.25, 0.3) is 0 Å². The Labute approximate surface area is 196 Å². The van der Waals surface area contributed by atoms with E-state index in [2.05, 4.69) is 36.2 Å². The first-order valence-corrected chi connectivity index (χ1v) is 12.2. The molecule has 0 unspecified atom stereocenters. The summed E-state index contributed by atoms with van der Waals surface area (Å²) in [4.78, 5) is 15.2. The van der Waals surface area contributed by atoms with Crippen LogP contribution >= 0.6 is 0 Å². The molecule has 180 valence electrons. The van der Waals surface area contributed by atoms with Crippen LogP contribution in [0, 0.1) is 18.8 Å². The predicted octanol–water partition coefficient (Wildman–Crippen LogP) is 3.00. The molecule has 4 aliphatic rings. The molecule has 0 saturated carbocycles. The quantitative estimate of drug-likeness (QED) is 0.660. The van der Waals surface area contributed by atoms with Crippen LogP contribution in [0.4, 0.5) is 5.69 Å². The van der Waals surface area contributed by atoms with Crippen molar-refractivity contribution in [3.63, 3.8) is 0 Å². The Morgan fingerprint density at radius 2 is 2.15 bits per heavy atom. The Morgan fingerprint density at radius 3 is 2.85 bits per heavy atom. The summed E-state index contributed by atoms with van der Waals surface area (Å²) >= 11 is 0. The number of ketones is 1. The van der Waals surface area contributed by atoms with E-state index in [1.807, 2.05) is 13.0 Å². The van der Waals surface area contributed by atoms with E-state index < -0.39 is 17.9 Å². The largest absolute Gasteiger partial charge is 0.496 e. The second kappa shape index (κ2) is 8.38. The number of piperidine rings is 2. The number of Topliss-reactive ketones (excluding diaryl/α,β-unsaturated/α-hetero) is 1. The molecule has 1 aromatic carbocycles. The van der Waals surface area contributed by atoms with Gasteiger partial charge in [-0.25, -0.2) is 0 Å². The second-order valence-corrected chi connectivity index (χ2v) is 9.87. The van der Waals surface area contributed by atoms with E-state index in [1.54, 1.807) is 7.11 Å². The maximum absolute atomic E-state index is 12.7. The Morgan fingerprint density at radius 1 is 1.36 bits per heavy atom. The highest BCUT2D eigenvalue weighted by Gasteiger charge is 2.70. The van der Waals surface area contributed by atoms with E-state index >= 15 is 0 Å². The van der Waals surface area contributed by atoms with Crippen molar-refractivity contribution < 1.29 is 24.1 Å². The van der Waals surface area contributed by atoms with E-state index in [4.69, 9.17) is 14.2 Å². The molecule has 3 fully saturated rings. The lowest BCUT2D eigenvalue weighted by molar-refractivity contribution is -0.297. The molecule has 33 heavy (non-hydrogen) atoms. The number of ether oxygens (including phenoxy) is 3. The van der Waals surface area contributed by atoms with Crippen LogP contribution in [0.25, 0.3) is 0 Å². The van der Waals surface area contributed by atoms with E-state index in [0.717, 1.165) is 60.5 Å². The minimum absolute atomic E-state index is 0.0261. The molecule has 3 saturated heterocycles. The van der Waals surface area contributed by atoms with Crippen LogP contribution in [-0.4, -0.2) is 67.6 Å². The number of nitrogens with one attached hydrogen (secondary N) is 1. The average Bonchev–Trinajstić information content (AvgIpc) is 3.14. The summed E-state index contributed by atoms with van der Waals surface area (Å²) in [5, 5.41) is 13.4. The number of rotatable bonds is 5. The average molecular weight is 457 g/mol. The fourth-order valence-corrected chi connectivity index (χ4v) is 7.07. The maximum Gasteiger partial charge on any atom is 0.188 e. The minimum Gasteiger partial charge on any atom is -0.496 e. The van der Waals surface area contributed by atoms with Gasteiger partial charge in [0.15, 0.2) is 11.5 Å². The normalized spacial score (nSPS) is 35.7. The van der Waals surface area contributed by atoms with E-state index in [1.165, 1.54) is 0 Å². The zero-order valence-electron chi connectivity index (χ0n) is 20.1. The van der Waals surface area contributed by atoms with Gasteiger partial charge in [-0.3, -0.25) is 9.69 Å². The second-order valence-electron chi connectivity index (χ2n) is 9.87. The summed E-state index contributed by atoms with van der Waals surface area (Å²) < 4.78 is 19.2. The van der Waals surface area contributed by atoms with Crippen LogP contribution in [-0.2, 0) is 19.9 Å². The number of aliphatic hydroxyl groups excluding tert-OH is 1. The predicted molar refractivity (Wildman–Crippen MR) is 125 cm³/mol. The molecule has 0 radical (unpaired) electrons. The molecule has 0 aromatic heterocycles. The molecule has 4 heterocycles. The Balaban J connectivity index is 1.61. The number of hydrogen-bond donors (Lipinski definition) is 2. The number of aliphatic hydroxyl groups is 1. The summed E-state index contributed by atoms with van der Waals surface area (Å²) in [6.45, 7) is 8.57. The zero-order chi connectivity index (χ0) is 23.4. The van der Waals surface area contributed by atoms with Gasteiger partial charge in [0.1, 0.15) is 18.0 Å². The zero-order valence-corrected chi connectivity index (χ0v) is 20.1. The summed E-state index contributed by atoms with van der Waals surface area (Å²) in [7, 11) is 1.71. The van der Waals surface area contributed by atoms with Crippen molar-refractivity contribution in [2.45, 2.75) is 57.4 Å². The Bertz CT molecular complexity index is 978. The molecule has 5 rings (SSSR count). The number of aryl methyl sites for hydroxylation is 1. The molecule has 1 aromatic rings. The first kappa shape index (κ1) is 22.8. The lowest BCUT2D eigenvalue weighted by atomic mass is 9.66. The first-order chi connectivity index (χ1) is 15.9. The molecular weight excluding hydrogens is 420 g/mol. The number of carbonyl (C=O) groups excluding carboxylic acids is 1. The smallest absolute Gasteiger partial charge is 0.188 e. The number of fused-ring (bicyclic) bond motifs is 2. The van der Waals surface area contributed by atoms with Gasteiger partial charge in [-0.05, 0) is 61.8 Å². The van der Waals surface area contributed by atoms with Crippen LogP contribution in [0.15, 0.2) is 23.8 Å². The minimum atomic E-state index is -0.745. The number of nitrogens with zero attached hydrogens (tertiary/aromatic N) is 1. The number of hydrogen-bond acceptors (Lipinski definition) is 7. The summed E-state index contributed by atoms with van der Waals surface area (Å²) in [5.74, 6) is 1.10. The number of methoxy groups -OCH3 is 1. The molecule has 0 aliphatic carbocycles. The maximum atomic E-state index is 12.7. The van der Waals surface area contributed by atoms with Crippen molar-refractivity contribution in [2.24, 2.45) is 11.8 Å². The fourth-order valence-electron chi connectivity index (χ4n) is 7.07. The highest BCUT2D eigenvalue weighted by molar-refractivity contribution is 5.96. The van der Waals surface area contributed by atoms with Crippen molar-refractivity contribution in [3.05, 3.63) is 34.9 Å². The third-order valence-corrected chi connectivity index (χ3v) is 8.43. The molecule has 4 aliphatic heterocycles.